The first kappa shape index (κ1) is 26.1. The number of alkyl halides is 3. The van der Waals surface area contributed by atoms with Gasteiger partial charge < -0.3 is 15.5 Å². The molecule has 6 nitrogen and oxygen atoms in total. The molecule has 0 bridgehead atoms. The molecule has 2 aromatic carbocycles. The van der Waals surface area contributed by atoms with Crippen molar-refractivity contribution in [2.24, 2.45) is 5.92 Å². The summed E-state index contributed by atoms with van der Waals surface area (Å²) < 4.78 is 52.8. The molecule has 0 aliphatic heterocycles. The largest absolute Gasteiger partial charge is 0.417 e. The molecule has 0 saturated carbocycles. The zero-order valence-corrected chi connectivity index (χ0v) is 18.7. The minimum atomic E-state index is -4.70. The second-order valence-corrected chi connectivity index (χ2v) is 8.02. The molecular formula is C22H22ClF4N3O3. The Labute approximate surface area is 192 Å². The molecule has 0 radical (unpaired) electrons. The van der Waals surface area contributed by atoms with E-state index >= 15 is 0 Å². The Bertz CT molecular complexity index is 1040. The normalized spacial score (nSPS) is 12.3. The molecule has 2 rings (SSSR count). The highest BCUT2D eigenvalue weighted by molar-refractivity contribution is 6.31. The number of halogens is 5. The lowest BCUT2D eigenvalue weighted by atomic mass is 10.0. The number of hydrogen-bond acceptors (Lipinski definition) is 3. The van der Waals surface area contributed by atoms with Crippen LogP contribution in [0.3, 0.4) is 0 Å². The summed E-state index contributed by atoms with van der Waals surface area (Å²) in [6.07, 6.45) is -4.70. The average molecular weight is 488 g/mol. The molecule has 178 valence electrons. The van der Waals surface area contributed by atoms with Crippen LogP contribution in [0.2, 0.25) is 5.02 Å². The van der Waals surface area contributed by atoms with Crippen LogP contribution in [0.1, 0.15) is 29.8 Å². The third-order valence-corrected chi connectivity index (χ3v) is 4.98. The Morgan fingerprint density at radius 2 is 1.73 bits per heavy atom. The monoisotopic (exact) mass is 487 g/mol. The molecular weight excluding hydrogens is 466 g/mol. The Balaban J connectivity index is 2.07. The van der Waals surface area contributed by atoms with Gasteiger partial charge in [0.1, 0.15) is 11.9 Å². The molecule has 0 heterocycles. The van der Waals surface area contributed by atoms with Crippen molar-refractivity contribution in [1.29, 1.82) is 0 Å². The van der Waals surface area contributed by atoms with Crippen LogP contribution in [0.5, 0.6) is 0 Å². The van der Waals surface area contributed by atoms with E-state index in [4.69, 9.17) is 11.6 Å². The third-order valence-electron chi connectivity index (χ3n) is 4.65. The van der Waals surface area contributed by atoms with Crippen LogP contribution in [-0.4, -0.2) is 42.3 Å². The van der Waals surface area contributed by atoms with Gasteiger partial charge in [-0.25, -0.2) is 4.39 Å². The predicted molar refractivity (Wildman–Crippen MR) is 115 cm³/mol. The van der Waals surface area contributed by atoms with E-state index in [1.807, 2.05) is 0 Å². The minimum Gasteiger partial charge on any atom is -0.340 e. The van der Waals surface area contributed by atoms with Gasteiger partial charge in [0.2, 0.25) is 11.8 Å². The van der Waals surface area contributed by atoms with Crippen LogP contribution in [0.15, 0.2) is 42.5 Å². The highest BCUT2D eigenvalue weighted by Crippen LogP contribution is 2.36. The Hall–Kier alpha value is -3.14. The SMILES string of the molecule is CC(C)C(NC(=O)c1ccccc1F)C(=O)N(C)CC(=O)Nc1ccc(Cl)c(C(F)(F)F)c1. The fraction of sp³-hybridized carbons (Fsp3) is 0.318. The smallest absolute Gasteiger partial charge is 0.340 e. The number of carbonyl (C=O) groups excluding carboxylic acids is 3. The first-order valence-corrected chi connectivity index (χ1v) is 10.2. The van der Waals surface area contributed by atoms with Crippen LogP contribution in [0.4, 0.5) is 23.2 Å². The van der Waals surface area contributed by atoms with E-state index in [9.17, 15) is 31.9 Å². The summed E-state index contributed by atoms with van der Waals surface area (Å²) >= 11 is 5.56. The Kier molecular flexibility index (Phi) is 8.43. The molecule has 3 amide bonds. The fourth-order valence-corrected chi connectivity index (χ4v) is 3.15. The molecule has 11 heteroatoms. The van der Waals surface area contributed by atoms with E-state index in [-0.39, 0.29) is 11.3 Å². The number of nitrogens with one attached hydrogen (secondary N) is 2. The molecule has 0 fully saturated rings. The van der Waals surface area contributed by atoms with E-state index in [1.54, 1.807) is 13.8 Å². The van der Waals surface area contributed by atoms with E-state index in [2.05, 4.69) is 10.6 Å². The molecule has 0 aromatic heterocycles. The van der Waals surface area contributed by atoms with Gasteiger partial charge in [0.15, 0.2) is 0 Å². The maximum absolute atomic E-state index is 13.9. The maximum Gasteiger partial charge on any atom is 0.417 e. The van der Waals surface area contributed by atoms with Crippen molar-refractivity contribution in [3.05, 3.63) is 64.4 Å². The van der Waals surface area contributed by atoms with E-state index < -0.39 is 58.8 Å². The summed E-state index contributed by atoms with van der Waals surface area (Å²) in [5.74, 6) is -3.33. The first-order valence-electron chi connectivity index (χ1n) is 9.78. The number of hydrogen-bond donors (Lipinski definition) is 2. The van der Waals surface area contributed by atoms with Gasteiger partial charge in [0.25, 0.3) is 5.91 Å². The molecule has 1 atom stereocenters. The number of likely N-dealkylation sites (N-methyl/N-ethyl adjacent to an activating group) is 1. The fourth-order valence-electron chi connectivity index (χ4n) is 2.93. The highest BCUT2D eigenvalue weighted by Gasteiger charge is 2.33. The minimum absolute atomic E-state index is 0.147. The van der Waals surface area contributed by atoms with E-state index in [0.717, 1.165) is 17.0 Å². The first-order chi connectivity index (χ1) is 15.3. The summed E-state index contributed by atoms with van der Waals surface area (Å²) in [6, 6.07) is 7.09. The van der Waals surface area contributed by atoms with Gasteiger partial charge >= 0.3 is 6.18 Å². The van der Waals surface area contributed by atoms with Crippen LogP contribution < -0.4 is 10.6 Å². The van der Waals surface area contributed by atoms with Crippen molar-refractivity contribution in [3.8, 4) is 0 Å². The third kappa shape index (κ3) is 6.92. The van der Waals surface area contributed by atoms with Gasteiger partial charge in [-0.1, -0.05) is 37.6 Å². The molecule has 0 aliphatic carbocycles. The molecule has 33 heavy (non-hydrogen) atoms. The standard InChI is InChI=1S/C22H22ClF4N3O3/c1-12(2)19(29-20(32)14-6-4-5-7-17(14)24)21(33)30(3)11-18(31)28-13-8-9-16(23)15(10-13)22(25,26)27/h4-10,12,19H,11H2,1-3H3,(H,28,31)(H,29,32). The lowest BCUT2D eigenvalue weighted by Gasteiger charge is -2.27. The van der Waals surface area contributed by atoms with Crippen molar-refractivity contribution < 1.29 is 31.9 Å². The van der Waals surface area contributed by atoms with Crippen LogP contribution >= 0.6 is 11.6 Å². The molecule has 2 N–H and O–H groups in total. The number of rotatable bonds is 7. The van der Waals surface area contributed by atoms with Crippen molar-refractivity contribution in [3.63, 3.8) is 0 Å². The summed E-state index contributed by atoms with van der Waals surface area (Å²) in [7, 11) is 1.30. The average Bonchev–Trinajstić information content (AvgIpc) is 2.71. The zero-order valence-electron chi connectivity index (χ0n) is 18.0. The topological polar surface area (TPSA) is 78.5 Å². The number of amides is 3. The molecule has 0 saturated heterocycles. The molecule has 2 aromatic rings. The second kappa shape index (κ2) is 10.7. The number of carbonyl (C=O) groups is 3. The van der Waals surface area contributed by atoms with Crippen LogP contribution in [0.25, 0.3) is 0 Å². The van der Waals surface area contributed by atoms with E-state index in [1.165, 1.54) is 31.3 Å². The Morgan fingerprint density at radius 3 is 2.30 bits per heavy atom. The van der Waals surface area contributed by atoms with Gasteiger partial charge in [-0.3, -0.25) is 14.4 Å². The quantitative estimate of drug-likeness (QED) is 0.570. The lowest BCUT2D eigenvalue weighted by molar-refractivity contribution is -0.137. The Morgan fingerprint density at radius 1 is 1.09 bits per heavy atom. The lowest BCUT2D eigenvalue weighted by Crippen LogP contribution is -2.51. The predicted octanol–water partition coefficient (Wildman–Crippen LogP) is 4.35. The number of nitrogens with zero attached hydrogens (tertiary/aromatic N) is 1. The maximum atomic E-state index is 13.9. The highest BCUT2D eigenvalue weighted by atomic mass is 35.5. The van der Waals surface area contributed by atoms with Crippen molar-refractivity contribution in [2.45, 2.75) is 26.1 Å². The molecule has 0 aliphatic rings. The van der Waals surface area contributed by atoms with Crippen molar-refractivity contribution >= 4 is 35.0 Å². The number of benzene rings is 2. The van der Waals surface area contributed by atoms with Crippen LogP contribution in [0, 0.1) is 11.7 Å². The van der Waals surface area contributed by atoms with Gasteiger partial charge in [0, 0.05) is 12.7 Å². The van der Waals surface area contributed by atoms with Gasteiger partial charge in [-0.15, -0.1) is 0 Å². The van der Waals surface area contributed by atoms with Crippen molar-refractivity contribution in [2.75, 3.05) is 18.9 Å². The van der Waals surface area contributed by atoms with Crippen molar-refractivity contribution in [1.82, 2.24) is 10.2 Å². The van der Waals surface area contributed by atoms with Gasteiger partial charge in [0.05, 0.1) is 22.7 Å². The molecule has 0 spiro atoms. The molecule has 1 unspecified atom stereocenters. The number of anilines is 1. The van der Waals surface area contributed by atoms with E-state index in [0.29, 0.717) is 6.07 Å². The summed E-state index contributed by atoms with van der Waals surface area (Å²) in [5.41, 5.74) is -1.49. The zero-order chi connectivity index (χ0) is 24.9. The second-order valence-electron chi connectivity index (χ2n) is 7.61. The summed E-state index contributed by atoms with van der Waals surface area (Å²) in [5, 5.41) is 4.23. The summed E-state index contributed by atoms with van der Waals surface area (Å²) in [4.78, 5) is 38.5. The van der Waals surface area contributed by atoms with Gasteiger partial charge in [-0.05, 0) is 36.2 Å². The van der Waals surface area contributed by atoms with Crippen LogP contribution in [-0.2, 0) is 15.8 Å². The van der Waals surface area contributed by atoms with Gasteiger partial charge in [-0.2, -0.15) is 13.2 Å². The summed E-state index contributed by atoms with van der Waals surface area (Å²) in [6.45, 7) is 2.82.